The summed E-state index contributed by atoms with van der Waals surface area (Å²) in [7, 11) is 1.83. The Hall–Kier alpha value is -3.49. The van der Waals surface area contributed by atoms with E-state index < -0.39 is 11.9 Å². The molecule has 0 saturated carbocycles. The average Bonchev–Trinajstić information content (AvgIpc) is 3.22. The van der Waals surface area contributed by atoms with E-state index in [1.165, 1.54) is 0 Å². The molecule has 0 bridgehead atoms. The fourth-order valence-electron chi connectivity index (χ4n) is 3.13. The van der Waals surface area contributed by atoms with Gasteiger partial charge in [-0.25, -0.2) is 0 Å². The lowest BCUT2D eigenvalue weighted by Gasteiger charge is -2.14. The molecule has 138 valence electrons. The predicted octanol–water partition coefficient (Wildman–Crippen LogP) is 0.812. The van der Waals surface area contributed by atoms with Gasteiger partial charge in [0.15, 0.2) is 0 Å². The largest absolute Gasteiger partial charge is 0.337 e. The Morgan fingerprint density at radius 3 is 2.93 bits per heavy atom. The van der Waals surface area contributed by atoms with Gasteiger partial charge in [0, 0.05) is 13.5 Å². The third-order valence-corrected chi connectivity index (χ3v) is 4.57. The lowest BCUT2D eigenvalue weighted by Crippen LogP contribution is -2.43. The van der Waals surface area contributed by atoms with Crippen LogP contribution in [0.1, 0.15) is 34.1 Å². The van der Waals surface area contributed by atoms with Crippen LogP contribution >= 0.6 is 0 Å². The van der Waals surface area contributed by atoms with Crippen LogP contribution in [0.4, 0.5) is 5.69 Å². The highest BCUT2D eigenvalue weighted by Crippen LogP contribution is 2.21. The Kier molecular flexibility index (Phi) is 4.41. The van der Waals surface area contributed by atoms with Gasteiger partial charge < -0.3 is 15.6 Å². The zero-order chi connectivity index (χ0) is 18.8. The molecule has 1 aliphatic heterocycles. The highest BCUT2D eigenvalue weighted by molar-refractivity contribution is 6.00. The van der Waals surface area contributed by atoms with Crippen LogP contribution in [-0.2, 0) is 24.7 Å². The van der Waals surface area contributed by atoms with Crippen molar-refractivity contribution in [2.24, 2.45) is 7.05 Å². The number of fused-ring (bicyclic) bond motifs is 1. The smallest absolute Gasteiger partial charge is 0.289 e. The van der Waals surface area contributed by atoms with Crippen LogP contribution < -0.4 is 10.6 Å². The first-order chi connectivity index (χ1) is 13.1. The molecule has 2 amide bonds. The number of benzene rings is 1. The van der Waals surface area contributed by atoms with E-state index in [1.54, 1.807) is 10.9 Å². The minimum Gasteiger partial charge on any atom is -0.337 e. The SMILES string of the molecule is Cn1ncc2c1CC[C@H](NC(=O)c1nnc(Cc3ccccc3)[nH]1)C(=O)N2. The molecule has 2 aromatic heterocycles. The quantitative estimate of drug-likeness (QED) is 0.632. The topological polar surface area (TPSA) is 118 Å². The molecule has 1 aromatic carbocycles. The third-order valence-electron chi connectivity index (χ3n) is 4.57. The first kappa shape index (κ1) is 17.0. The molecule has 0 unspecified atom stereocenters. The number of aryl methyl sites for hydroxylation is 1. The minimum atomic E-state index is -0.646. The van der Waals surface area contributed by atoms with Crippen molar-refractivity contribution in [2.45, 2.75) is 25.3 Å². The number of aromatic amines is 1. The maximum absolute atomic E-state index is 12.5. The number of carbonyl (C=O) groups excluding carboxylic acids is 2. The summed E-state index contributed by atoms with van der Waals surface area (Å²) in [5.74, 6) is -0.0301. The van der Waals surface area contributed by atoms with Gasteiger partial charge in [-0.05, 0) is 18.4 Å². The zero-order valence-electron chi connectivity index (χ0n) is 14.8. The van der Waals surface area contributed by atoms with E-state index >= 15 is 0 Å². The van der Waals surface area contributed by atoms with Crippen molar-refractivity contribution in [3.63, 3.8) is 0 Å². The van der Waals surface area contributed by atoms with Gasteiger partial charge in [0.05, 0.1) is 17.6 Å². The van der Waals surface area contributed by atoms with E-state index in [0.717, 1.165) is 11.3 Å². The summed E-state index contributed by atoms with van der Waals surface area (Å²) in [6.07, 6.45) is 3.28. The summed E-state index contributed by atoms with van der Waals surface area (Å²) in [6, 6.07) is 9.13. The van der Waals surface area contributed by atoms with Crippen molar-refractivity contribution < 1.29 is 9.59 Å². The summed E-state index contributed by atoms with van der Waals surface area (Å²) in [5, 5.41) is 17.6. The fraction of sp³-hybridized carbons (Fsp3) is 0.278. The van der Waals surface area contributed by atoms with Crippen molar-refractivity contribution >= 4 is 17.5 Å². The van der Waals surface area contributed by atoms with Gasteiger partial charge in [-0.3, -0.25) is 14.3 Å². The first-order valence-corrected chi connectivity index (χ1v) is 8.68. The molecule has 0 aliphatic carbocycles. The third kappa shape index (κ3) is 3.57. The molecule has 0 fully saturated rings. The van der Waals surface area contributed by atoms with Crippen molar-refractivity contribution in [1.29, 1.82) is 0 Å². The molecule has 3 N–H and O–H groups in total. The van der Waals surface area contributed by atoms with Crippen LogP contribution in [0.25, 0.3) is 0 Å². The number of hydrogen-bond acceptors (Lipinski definition) is 5. The average molecular weight is 365 g/mol. The summed E-state index contributed by atoms with van der Waals surface area (Å²) >= 11 is 0. The molecular formula is C18H19N7O2. The highest BCUT2D eigenvalue weighted by Gasteiger charge is 2.28. The van der Waals surface area contributed by atoms with Crippen LogP contribution in [0.15, 0.2) is 36.5 Å². The Labute approximate surface area is 155 Å². The van der Waals surface area contributed by atoms with Gasteiger partial charge in [-0.1, -0.05) is 30.3 Å². The number of amides is 2. The monoisotopic (exact) mass is 365 g/mol. The second-order valence-corrected chi connectivity index (χ2v) is 6.47. The molecule has 9 heteroatoms. The lowest BCUT2D eigenvalue weighted by molar-refractivity contribution is -0.118. The number of carbonyl (C=O) groups is 2. The van der Waals surface area contributed by atoms with Crippen molar-refractivity contribution in [3.05, 3.63) is 59.4 Å². The van der Waals surface area contributed by atoms with Crippen molar-refractivity contribution in [2.75, 3.05) is 5.32 Å². The van der Waals surface area contributed by atoms with Gasteiger partial charge in [0.1, 0.15) is 11.9 Å². The highest BCUT2D eigenvalue weighted by atomic mass is 16.2. The molecular weight excluding hydrogens is 346 g/mol. The molecule has 1 atom stereocenters. The minimum absolute atomic E-state index is 0.0946. The van der Waals surface area contributed by atoms with Gasteiger partial charge in [-0.2, -0.15) is 5.10 Å². The molecule has 4 rings (SSSR count). The Bertz CT molecular complexity index is 977. The predicted molar refractivity (Wildman–Crippen MR) is 97.0 cm³/mol. The van der Waals surface area contributed by atoms with Crippen LogP contribution in [0.5, 0.6) is 0 Å². The zero-order valence-corrected chi connectivity index (χ0v) is 14.8. The molecule has 3 heterocycles. The van der Waals surface area contributed by atoms with E-state index in [9.17, 15) is 9.59 Å². The summed E-state index contributed by atoms with van der Waals surface area (Å²) < 4.78 is 1.73. The van der Waals surface area contributed by atoms with Gasteiger partial charge >= 0.3 is 0 Å². The molecule has 9 nitrogen and oxygen atoms in total. The van der Waals surface area contributed by atoms with Gasteiger partial charge in [0.2, 0.25) is 11.7 Å². The Morgan fingerprint density at radius 1 is 1.30 bits per heavy atom. The first-order valence-electron chi connectivity index (χ1n) is 8.68. The number of nitrogens with zero attached hydrogens (tertiary/aromatic N) is 4. The van der Waals surface area contributed by atoms with Crippen molar-refractivity contribution in [3.8, 4) is 0 Å². The molecule has 0 saturated heterocycles. The Morgan fingerprint density at radius 2 is 2.11 bits per heavy atom. The van der Waals surface area contributed by atoms with E-state index in [-0.39, 0.29) is 11.7 Å². The summed E-state index contributed by atoms with van der Waals surface area (Å²) in [4.78, 5) is 27.8. The summed E-state index contributed by atoms with van der Waals surface area (Å²) in [6.45, 7) is 0. The van der Waals surface area contributed by atoms with Crippen LogP contribution in [0.3, 0.4) is 0 Å². The second-order valence-electron chi connectivity index (χ2n) is 6.47. The number of rotatable bonds is 4. The normalized spacial score (nSPS) is 16.3. The van der Waals surface area contributed by atoms with E-state index in [4.69, 9.17) is 0 Å². The van der Waals surface area contributed by atoms with Crippen molar-refractivity contribution in [1.82, 2.24) is 30.3 Å². The van der Waals surface area contributed by atoms with Crippen LogP contribution in [0, 0.1) is 0 Å². The molecule has 0 radical (unpaired) electrons. The standard InChI is InChI=1S/C18H19N7O2/c1-25-14-8-7-12(17(26)21-13(14)10-19-25)20-18(27)16-22-15(23-24-16)9-11-5-3-2-4-6-11/h2-6,10,12H,7-9H2,1H3,(H,20,27)(H,21,26)(H,22,23,24)/t12-/m0/s1. The molecule has 27 heavy (non-hydrogen) atoms. The molecule has 0 spiro atoms. The Balaban J connectivity index is 1.41. The number of hydrogen-bond donors (Lipinski definition) is 3. The van der Waals surface area contributed by atoms with Crippen LogP contribution in [0.2, 0.25) is 0 Å². The fourth-order valence-corrected chi connectivity index (χ4v) is 3.13. The second kappa shape index (κ2) is 7.02. The van der Waals surface area contributed by atoms with E-state index in [1.807, 2.05) is 37.4 Å². The number of nitrogens with one attached hydrogen (secondary N) is 3. The van der Waals surface area contributed by atoms with E-state index in [2.05, 4.69) is 30.9 Å². The summed E-state index contributed by atoms with van der Waals surface area (Å²) in [5.41, 5.74) is 2.68. The van der Waals surface area contributed by atoms with Gasteiger partial charge in [0.25, 0.3) is 5.91 Å². The maximum Gasteiger partial charge on any atom is 0.289 e. The number of aromatic nitrogens is 5. The van der Waals surface area contributed by atoms with Crippen LogP contribution in [-0.4, -0.2) is 42.8 Å². The molecule has 1 aliphatic rings. The number of H-pyrrole nitrogens is 1. The van der Waals surface area contributed by atoms with Gasteiger partial charge in [-0.15, -0.1) is 10.2 Å². The maximum atomic E-state index is 12.5. The lowest BCUT2D eigenvalue weighted by atomic mass is 10.1. The molecule has 3 aromatic rings. The number of anilines is 1. The van der Waals surface area contributed by atoms with E-state index in [0.29, 0.717) is 30.8 Å².